The fourth-order valence-electron chi connectivity index (χ4n) is 6.99. The van der Waals surface area contributed by atoms with Crippen molar-refractivity contribution < 1.29 is 9.59 Å². The van der Waals surface area contributed by atoms with Gasteiger partial charge in [-0.05, 0) is 38.5 Å². The zero-order chi connectivity index (χ0) is 38.0. The zero-order valence-corrected chi connectivity index (χ0v) is 37.3. The van der Waals surface area contributed by atoms with Gasteiger partial charge in [0.1, 0.15) is 0 Å². The first-order valence-corrected chi connectivity index (χ1v) is 25.6. The molecule has 52 heavy (non-hydrogen) atoms. The van der Waals surface area contributed by atoms with Gasteiger partial charge >= 0.3 is 0 Å². The summed E-state index contributed by atoms with van der Waals surface area (Å²) in [5.41, 5.74) is 0. The molecule has 0 saturated heterocycles. The van der Waals surface area contributed by atoms with Crippen LogP contribution in [0.1, 0.15) is 259 Å². The largest absolute Gasteiger partial charge is 0.356 e. The Morgan fingerprint density at radius 3 is 0.904 bits per heavy atom. The van der Waals surface area contributed by atoms with Crippen LogP contribution in [-0.4, -0.2) is 35.4 Å². The first-order chi connectivity index (χ1) is 25.5. The quantitative estimate of drug-likeness (QED) is 0.0479. The van der Waals surface area contributed by atoms with E-state index in [0.717, 1.165) is 38.8 Å². The van der Waals surface area contributed by atoms with E-state index in [9.17, 15) is 9.59 Å². The molecule has 4 nitrogen and oxygen atoms in total. The van der Waals surface area contributed by atoms with E-state index in [-0.39, 0.29) is 11.8 Å². The van der Waals surface area contributed by atoms with Gasteiger partial charge in [0.2, 0.25) is 11.8 Å². The molecule has 310 valence electrons. The summed E-state index contributed by atoms with van der Waals surface area (Å²) >= 11 is 0. The van der Waals surface area contributed by atoms with Gasteiger partial charge in [0.25, 0.3) is 0 Å². The molecule has 0 spiro atoms. The van der Waals surface area contributed by atoms with E-state index in [1.54, 1.807) is 0 Å². The molecule has 0 aromatic rings. The van der Waals surface area contributed by atoms with E-state index in [1.165, 1.54) is 193 Å². The lowest BCUT2D eigenvalue weighted by Gasteiger charge is -2.15. The molecule has 6 heteroatoms. The number of nitrogens with one attached hydrogen (secondary N) is 2. The molecule has 0 heterocycles. The third-order valence-electron chi connectivity index (χ3n) is 10.6. The molecule has 0 aliphatic carbocycles. The van der Waals surface area contributed by atoms with Crippen LogP contribution in [0.3, 0.4) is 0 Å². The highest BCUT2D eigenvalue weighted by atomic mass is 33.1. The second kappa shape index (κ2) is 43.4. The monoisotopic (exact) mass is 769 g/mol. The average molecular weight is 769 g/mol. The Hall–Kier alpha value is -0.360. The summed E-state index contributed by atoms with van der Waals surface area (Å²) in [7, 11) is 4.11. The second-order valence-electron chi connectivity index (χ2n) is 16.2. The maximum Gasteiger partial charge on any atom is 0.219 e. The van der Waals surface area contributed by atoms with Crippen LogP contribution < -0.4 is 10.6 Å². The molecule has 2 unspecified atom stereocenters. The third-order valence-corrected chi connectivity index (χ3v) is 14.2. The number of amides is 2. The minimum Gasteiger partial charge on any atom is -0.356 e. The fourth-order valence-corrected chi connectivity index (χ4v) is 9.61. The smallest absolute Gasteiger partial charge is 0.219 e. The Kier molecular flexibility index (Phi) is 43.1. The van der Waals surface area contributed by atoms with Gasteiger partial charge in [-0.15, -0.1) is 0 Å². The molecular formula is C46H92N2O2S2. The van der Waals surface area contributed by atoms with E-state index < -0.39 is 0 Å². The Balaban J connectivity index is 3.41. The second-order valence-corrected chi connectivity index (χ2v) is 19.3. The van der Waals surface area contributed by atoms with Gasteiger partial charge in [0.05, 0.1) is 0 Å². The van der Waals surface area contributed by atoms with Gasteiger partial charge in [-0.3, -0.25) is 9.59 Å². The SMILES string of the molecule is CCCCCCCCCCCCCCCC(=O)NCCCCCC(C)SSC(C)CCCCCNC(=O)CCCCCCCCCCCCCCC. The highest BCUT2D eigenvalue weighted by Crippen LogP contribution is 2.35. The molecule has 0 aromatic carbocycles. The number of carbonyl (C=O) groups excluding carboxylic acids is 2. The van der Waals surface area contributed by atoms with Crippen LogP contribution in [0.5, 0.6) is 0 Å². The summed E-state index contributed by atoms with van der Waals surface area (Å²) in [6.45, 7) is 11.0. The van der Waals surface area contributed by atoms with Gasteiger partial charge in [-0.1, -0.05) is 229 Å². The summed E-state index contributed by atoms with van der Waals surface area (Å²) in [5, 5.41) is 7.66. The number of carbonyl (C=O) groups is 2. The van der Waals surface area contributed by atoms with Crippen molar-refractivity contribution in [2.45, 2.75) is 269 Å². The molecular weight excluding hydrogens is 677 g/mol. The lowest BCUT2D eigenvalue weighted by Crippen LogP contribution is -2.24. The molecule has 0 rings (SSSR count). The average Bonchev–Trinajstić information content (AvgIpc) is 3.14. The minimum atomic E-state index is 0.252. The number of hydrogen-bond donors (Lipinski definition) is 2. The van der Waals surface area contributed by atoms with Gasteiger partial charge in [-0.25, -0.2) is 0 Å². The zero-order valence-electron chi connectivity index (χ0n) is 35.7. The molecule has 2 atom stereocenters. The Labute approximate surface area is 334 Å². The Bertz CT molecular complexity index is 677. The molecule has 0 fully saturated rings. The first-order valence-electron chi connectivity index (χ1n) is 23.3. The summed E-state index contributed by atoms with van der Waals surface area (Å²) in [6.07, 6.45) is 46.1. The van der Waals surface area contributed by atoms with Crippen LogP contribution in [0.4, 0.5) is 0 Å². The molecule has 0 aromatic heterocycles. The lowest BCUT2D eigenvalue weighted by molar-refractivity contribution is -0.122. The minimum absolute atomic E-state index is 0.252. The van der Waals surface area contributed by atoms with Crippen molar-refractivity contribution in [2.24, 2.45) is 0 Å². The molecule has 2 N–H and O–H groups in total. The van der Waals surface area contributed by atoms with E-state index >= 15 is 0 Å². The van der Waals surface area contributed by atoms with E-state index in [2.05, 4.69) is 59.9 Å². The maximum atomic E-state index is 12.2. The highest BCUT2D eigenvalue weighted by Gasteiger charge is 2.09. The number of hydrogen-bond acceptors (Lipinski definition) is 4. The van der Waals surface area contributed by atoms with Crippen LogP contribution in [0.25, 0.3) is 0 Å². The van der Waals surface area contributed by atoms with Crippen molar-refractivity contribution in [1.82, 2.24) is 10.6 Å². The summed E-state index contributed by atoms with van der Waals surface area (Å²) < 4.78 is 0. The van der Waals surface area contributed by atoms with Crippen LogP contribution in [0.15, 0.2) is 0 Å². The van der Waals surface area contributed by atoms with Gasteiger partial charge in [-0.2, -0.15) is 0 Å². The Morgan fingerprint density at radius 1 is 0.365 bits per heavy atom. The number of unbranched alkanes of at least 4 members (excludes halogenated alkanes) is 28. The van der Waals surface area contributed by atoms with E-state index in [4.69, 9.17) is 0 Å². The van der Waals surface area contributed by atoms with Gasteiger partial charge in [0, 0.05) is 36.4 Å². The third kappa shape index (κ3) is 42.4. The van der Waals surface area contributed by atoms with Crippen LogP contribution in [0.2, 0.25) is 0 Å². The van der Waals surface area contributed by atoms with Crippen LogP contribution in [-0.2, 0) is 9.59 Å². The van der Waals surface area contributed by atoms with Crippen molar-refractivity contribution >= 4 is 33.4 Å². The predicted octanol–water partition coefficient (Wildman–Crippen LogP) is 15.5. The molecule has 0 aliphatic heterocycles. The molecule has 0 bridgehead atoms. The highest BCUT2D eigenvalue weighted by molar-refractivity contribution is 8.77. The molecule has 0 saturated carbocycles. The van der Waals surface area contributed by atoms with Crippen molar-refractivity contribution in [3.05, 3.63) is 0 Å². The summed E-state index contributed by atoms with van der Waals surface area (Å²) in [4.78, 5) is 24.3. The van der Waals surface area contributed by atoms with Gasteiger partial charge < -0.3 is 10.6 Å². The van der Waals surface area contributed by atoms with Crippen molar-refractivity contribution in [2.75, 3.05) is 13.1 Å². The molecule has 0 aliphatic rings. The lowest BCUT2D eigenvalue weighted by atomic mass is 10.0. The van der Waals surface area contributed by atoms with Gasteiger partial charge in [0.15, 0.2) is 0 Å². The first kappa shape index (κ1) is 51.6. The van der Waals surface area contributed by atoms with E-state index in [1.807, 2.05) is 0 Å². The van der Waals surface area contributed by atoms with E-state index in [0.29, 0.717) is 23.3 Å². The summed E-state index contributed by atoms with van der Waals surface area (Å²) in [6, 6.07) is 0. The topological polar surface area (TPSA) is 58.2 Å². The van der Waals surface area contributed by atoms with Crippen molar-refractivity contribution in [3.63, 3.8) is 0 Å². The number of rotatable bonds is 43. The normalized spacial score (nSPS) is 12.6. The standard InChI is InChI=1S/C46H92N2O2S2/c1-5-7-9-11-13-15-17-19-21-23-25-27-33-39-45(49)47-41-35-29-31-37-43(3)51-52-44(4)38-32-30-36-42-48-46(50)40-34-28-26-24-22-20-18-16-14-12-10-8-6-2/h43-44H,5-42H2,1-4H3,(H,47,49)(H,48,50). The van der Waals surface area contributed by atoms with Crippen molar-refractivity contribution in [1.29, 1.82) is 0 Å². The fraction of sp³-hybridized carbons (Fsp3) is 0.957. The Morgan fingerprint density at radius 2 is 0.615 bits per heavy atom. The molecule has 0 radical (unpaired) electrons. The van der Waals surface area contributed by atoms with Crippen LogP contribution >= 0.6 is 21.6 Å². The van der Waals surface area contributed by atoms with Crippen LogP contribution in [0, 0.1) is 0 Å². The predicted molar refractivity (Wildman–Crippen MR) is 238 cm³/mol. The summed E-state index contributed by atoms with van der Waals surface area (Å²) in [5.74, 6) is 0.504. The van der Waals surface area contributed by atoms with Crippen molar-refractivity contribution in [3.8, 4) is 0 Å². The maximum absolute atomic E-state index is 12.2. The molecule has 2 amide bonds.